The van der Waals surface area contributed by atoms with E-state index < -0.39 is 0 Å². The zero-order chi connectivity index (χ0) is 27.4. The number of aryl methyl sites for hydroxylation is 4. The molecule has 4 aromatic heterocycles. The smallest absolute Gasteiger partial charge is 0.0579 e. The van der Waals surface area contributed by atoms with Gasteiger partial charge in [-0.25, -0.2) is 0 Å². The largest absolute Gasteiger partial charge is 0.309 e. The Hall–Kier alpha value is -5.22. The summed E-state index contributed by atoms with van der Waals surface area (Å²) in [6, 6.07) is 31.3. The van der Waals surface area contributed by atoms with Crippen molar-refractivity contribution in [1.29, 1.82) is 0 Å². The molecule has 0 atom stereocenters. The van der Waals surface area contributed by atoms with Crippen molar-refractivity contribution in [1.82, 2.24) is 19.1 Å². The van der Waals surface area contributed by atoms with Crippen molar-refractivity contribution in [3.8, 4) is 22.5 Å². The van der Waals surface area contributed by atoms with E-state index in [4.69, 9.17) is 0 Å². The van der Waals surface area contributed by atoms with E-state index in [-0.39, 0.29) is 0 Å². The Labute approximate surface area is 242 Å². The zero-order valence-electron chi connectivity index (χ0n) is 23.0. The fraction of sp³-hybridized carbons (Fsp3) is 0.105. The highest BCUT2D eigenvalue weighted by molar-refractivity contribution is 6.15. The van der Waals surface area contributed by atoms with Gasteiger partial charge in [0, 0.05) is 57.7 Å². The predicted octanol–water partition coefficient (Wildman–Crippen LogP) is 8.54. The van der Waals surface area contributed by atoms with E-state index in [2.05, 4.69) is 104 Å². The maximum absolute atomic E-state index is 4.33. The number of benzene rings is 4. The van der Waals surface area contributed by atoms with Gasteiger partial charge in [0.25, 0.3) is 0 Å². The average Bonchev–Trinajstić information content (AvgIpc) is 3.57. The van der Waals surface area contributed by atoms with E-state index >= 15 is 0 Å². The second kappa shape index (κ2) is 8.17. The second-order valence-electron chi connectivity index (χ2n) is 11.7. The summed E-state index contributed by atoms with van der Waals surface area (Å²) >= 11 is 0. The molecule has 4 nitrogen and oxygen atoms in total. The van der Waals surface area contributed by atoms with Crippen LogP contribution in [0.2, 0.25) is 0 Å². The van der Waals surface area contributed by atoms with Crippen LogP contribution in [-0.2, 0) is 25.7 Å². The molecule has 0 radical (unpaired) electrons. The fourth-order valence-electron chi connectivity index (χ4n) is 8.08. The minimum Gasteiger partial charge on any atom is -0.309 e. The van der Waals surface area contributed by atoms with Crippen molar-refractivity contribution in [3.63, 3.8) is 0 Å². The summed E-state index contributed by atoms with van der Waals surface area (Å²) in [7, 11) is 0. The van der Waals surface area contributed by atoms with Crippen molar-refractivity contribution in [2.24, 2.45) is 0 Å². The first-order valence-electron chi connectivity index (χ1n) is 14.8. The van der Waals surface area contributed by atoms with Crippen LogP contribution >= 0.6 is 0 Å². The van der Waals surface area contributed by atoms with Crippen LogP contribution in [0.3, 0.4) is 0 Å². The normalized spacial score (nSPS) is 13.8. The lowest BCUT2D eigenvalue weighted by atomic mass is 9.74. The van der Waals surface area contributed by atoms with Crippen LogP contribution in [-0.4, -0.2) is 19.1 Å². The second-order valence-corrected chi connectivity index (χ2v) is 11.7. The Bertz CT molecular complexity index is 2220. The summed E-state index contributed by atoms with van der Waals surface area (Å²) in [5, 5.41) is 5.39. The molecule has 42 heavy (non-hydrogen) atoms. The van der Waals surface area contributed by atoms with E-state index in [1.165, 1.54) is 88.4 Å². The lowest BCUT2D eigenvalue weighted by Crippen LogP contribution is -2.16. The number of para-hydroxylation sites is 2. The molecule has 0 N–H and O–H groups in total. The summed E-state index contributed by atoms with van der Waals surface area (Å²) in [4.78, 5) is 8.66. The Morgan fingerprint density at radius 2 is 0.881 bits per heavy atom. The van der Waals surface area contributed by atoms with Crippen molar-refractivity contribution in [3.05, 3.63) is 132 Å². The molecule has 0 unspecified atom stereocenters. The number of nitrogens with zero attached hydrogens (tertiary/aromatic N) is 4. The van der Waals surface area contributed by atoms with E-state index in [0.29, 0.717) is 0 Å². The summed E-state index contributed by atoms with van der Waals surface area (Å²) in [6.07, 6.45) is 11.8. The number of hydrogen-bond donors (Lipinski definition) is 0. The molecule has 4 heteroatoms. The summed E-state index contributed by atoms with van der Waals surface area (Å²) in [6.45, 7) is 0. The summed E-state index contributed by atoms with van der Waals surface area (Å²) < 4.78 is 4.96. The molecule has 198 valence electrons. The molecule has 10 rings (SSSR count). The van der Waals surface area contributed by atoms with Crippen molar-refractivity contribution < 1.29 is 0 Å². The molecule has 2 aliphatic rings. The minimum atomic E-state index is 1.04. The first kappa shape index (κ1) is 22.5. The fourth-order valence-corrected chi connectivity index (χ4v) is 8.08. The zero-order valence-corrected chi connectivity index (χ0v) is 23.0. The monoisotopic (exact) mass is 538 g/mol. The number of rotatable bonds is 2. The van der Waals surface area contributed by atoms with Crippen LogP contribution in [0.4, 0.5) is 0 Å². The molecule has 2 aliphatic carbocycles. The Morgan fingerprint density at radius 1 is 0.452 bits per heavy atom. The molecule has 8 aromatic rings. The first-order chi connectivity index (χ1) is 20.9. The molecule has 4 heterocycles. The van der Waals surface area contributed by atoms with Gasteiger partial charge in [-0.1, -0.05) is 36.4 Å². The molecule has 0 saturated heterocycles. The van der Waals surface area contributed by atoms with Gasteiger partial charge in [0.1, 0.15) is 0 Å². The summed E-state index contributed by atoms with van der Waals surface area (Å²) in [5.74, 6) is 0. The lowest BCUT2D eigenvalue weighted by molar-refractivity contribution is 0.883. The topological polar surface area (TPSA) is 35.6 Å². The van der Waals surface area contributed by atoms with Gasteiger partial charge in [-0.2, -0.15) is 0 Å². The number of aromatic nitrogens is 4. The third-order valence-electron chi connectivity index (χ3n) is 9.66. The summed E-state index contributed by atoms with van der Waals surface area (Å²) in [5.41, 5.74) is 16.5. The molecule has 0 saturated carbocycles. The Morgan fingerprint density at radius 3 is 1.33 bits per heavy atom. The molecule has 0 aliphatic heterocycles. The van der Waals surface area contributed by atoms with Gasteiger partial charge < -0.3 is 9.13 Å². The molecule has 0 bridgehead atoms. The van der Waals surface area contributed by atoms with Gasteiger partial charge in [-0.3, -0.25) is 9.97 Å². The SMILES string of the molecule is c1ccc2c(c1)c1cc3c4c(c1n2-c1ccncc1)CCc1cc2c5ccccc5n(-c5ccncc5)c2c(c1-4)CC3. The molecular weight excluding hydrogens is 512 g/mol. The Kier molecular flexibility index (Phi) is 4.37. The molecule has 4 aromatic carbocycles. The van der Waals surface area contributed by atoms with Crippen molar-refractivity contribution in [2.75, 3.05) is 0 Å². The maximum atomic E-state index is 4.33. The van der Waals surface area contributed by atoms with Gasteiger partial charge >= 0.3 is 0 Å². The highest BCUT2D eigenvalue weighted by Gasteiger charge is 2.32. The quantitative estimate of drug-likeness (QED) is 0.221. The Balaban J connectivity index is 1.37. The third-order valence-corrected chi connectivity index (χ3v) is 9.66. The maximum Gasteiger partial charge on any atom is 0.0579 e. The van der Waals surface area contributed by atoms with E-state index in [9.17, 15) is 0 Å². The van der Waals surface area contributed by atoms with Gasteiger partial charge in [0.05, 0.1) is 22.1 Å². The van der Waals surface area contributed by atoms with Crippen molar-refractivity contribution >= 4 is 43.6 Å². The average molecular weight is 539 g/mol. The molecule has 0 spiro atoms. The van der Waals surface area contributed by atoms with Crippen LogP contribution in [0.15, 0.2) is 110 Å². The van der Waals surface area contributed by atoms with Gasteiger partial charge in [-0.05, 0) is 108 Å². The van der Waals surface area contributed by atoms with E-state index in [1.54, 1.807) is 0 Å². The van der Waals surface area contributed by atoms with Gasteiger partial charge in [0.2, 0.25) is 0 Å². The molecular formula is C38H26N4. The van der Waals surface area contributed by atoms with Crippen LogP contribution in [0.5, 0.6) is 0 Å². The number of fused-ring (bicyclic) bond motifs is 8. The predicted molar refractivity (Wildman–Crippen MR) is 171 cm³/mol. The van der Waals surface area contributed by atoms with Crippen LogP contribution in [0, 0.1) is 0 Å². The van der Waals surface area contributed by atoms with Crippen molar-refractivity contribution in [2.45, 2.75) is 25.7 Å². The standard InChI is InChI=1S/C38H26N4/c1-3-7-33-27(5-1)31-21-23-9-12-30-36-24(10-11-29(35(23)36)37(31)41(33)25-13-17-39-18-14-25)22-32-28-6-2-4-8-34(28)42(38(30)32)26-15-19-40-20-16-26/h1-8,13-22H,9-12H2. The van der Waals surface area contributed by atoms with Crippen LogP contribution < -0.4 is 0 Å². The number of hydrogen-bond acceptors (Lipinski definition) is 2. The van der Waals surface area contributed by atoms with Crippen LogP contribution in [0.1, 0.15) is 22.3 Å². The lowest BCUT2D eigenvalue weighted by Gasteiger charge is -2.31. The van der Waals surface area contributed by atoms with E-state index in [1.807, 2.05) is 24.8 Å². The highest BCUT2D eigenvalue weighted by atomic mass is 15.0. The molecule has 0 amide bonds. The third kappa shape index (κ3) is 2.81. The number of pyridine rings is 2. The van der Waals surface area contributed by atoms with Gasteiger partial charge in [-0.15, -0.1) is 0 Å². The van der Waals surface area contributed by atoms with Gasteiger partial charge in [0.15, 0.2) is 0 Å². The first-order valence-corrected chi connectivity index (χ1v) is 14.8. The molecule has 0 fully saturated rings. The van der Waals surface area contributed by atoms with Crippen LogP contribution in [0.25, 0.3) is 66.1 Å². The highest BCUT2D eigenvalue weighted by Crippen LogP contribution is 2.50. The van der Waals surface area contributed by atoms with E-state index in [0.717, 1.165) is 25.7 Å². The minimum absolute atomic E-state index is 1.04.